The van der Waals surface area contributed by atoms with Gasteiger partial charge in [0.2, 0.25) is 10.0 Å². The molecule has 39 heavy (non-hydrogen) atoms. The summed E-state index contributed by atoms with van der Waals surface area (Å²) >= 11 is 1.46. The predicted octanol–water partition coefficient (Wildman–Crippen LogP) is 5.45. The van der Waals surface area contributed by atoms with E-state index in [0.29, 0.717) is 30.1 Å². The lowest BCUT2D eigenvalue weighted by atomic mass is 10.1. The summed E-state index contributed by atoms with van der Waals surface area (Å²) in [5.41, 5.74) is 2.20. The molecule has 9 heteroatoms. The van der Waals surface area contributed by atoms with Crippen LogP contribution in [0.3, 0.4) is 0 Å². The fraction of sp³-hybridized carbons (Fsp3) is 0.200. The van der Waals surface area contributed by atoms with Crippen molar-refractivity contribution in [3.05, 3.63) is 107 Å². The Morgan fingerprint density at radius 2 is 1.67 bits per heavy atom. The van der Waals surface area contributed by atoms with Gasteiger partial charge in [-0.25, -0.2) is 8.42 Å². The highest BCUT2D eigenvalue weighted by atomic mass is 32.2. The summed E-state index contributed by atoms with van der Waals surface area (Å²) in [4.78, 5) is 18.4. The van der Waals surface area contributed by atoms with Gasteiger partial charge in [-0.15, -0.1) is 0 Å². The minimum absolute atomic E-state index is 0.123. The molecule has 200 valence electrons. The number of nitrogens with zero attached hydrogens (tertiary/aromatic N) is 3. The highest BCUT2D eigenvalue weighted by molar-refractivity contribution is 7.89. The highest BCUT2D eigenvalue weighted by Gasteiger charge is 2.21. The molecular weight excluding hydrogens is 530 g/mol. The number of fused-ring (bicyclic) bond motifs is 3. The monoisotopic (exact) mass is 559 g/mol. The quantitative estimate of drug-likeness (QED) is 0.225. The molecule has 0 saturated heterocycles. The normalized spacial score (nSPS) is 12.5. The Balaban J connectivity index is 1.46. The summed E-state index contributed by atoms with van der Waals surface area (Å²) in [7, 11) is -2.18. The van der Waals surface area contributed by atoms with Crippen molar-refractivity contribution in [2.45, 2.75) is 24.9 Å². The summed E-state index contributed by atoms with van der Waals surface area (Å²) < 4.78 is 36.1. The second-order valence-corrected chi connectivity index (χ2v) is 12.1. The molecule has 7 nitrogen and oxygen atoms in total. The molecule has 0 aliphatic rings. The minimum Gasteiger partial charge on any atom is -0.380 e. The van der Waals surface area contributed by atoms with E-state index in [9.17, 15) is 13.2 Å². The SMILES string of the molecule is CCOCCn1c(=NC(=O)c2ccc(S(=O)(=O)N(C)Cc3ccccc3)cc2)sc2c3ccccc3ccc21. The molecule has 0 spiro atoms. The molecule has 5 aromatic rings. The topological polar surface area (TPSA) is 81.0 Å². The zero-order valence-corrected chi connectivity index (χ0v) is 23.4. The molecule has 0 saturated carbocycles. The number of hydrogen-bond donors (Lipinski definition) is 0. The number of amides is 1. The maximum Gasteiger partial charge on any atom is 0.279 e. The van der Waals surface area contributed by atoms with Crippen molar-refractivity contribution < 1.29 is 17.9 Å². The van der Waals surface area contributed by atoms with Gasteiger partial charge in [0.25, 0.3) is 5.91 Å². The molecule has 1 amide bonds. The standard InChI is InChI=1S/C30H29N3O4S2/c1-3-37-20-19-33-27-18-15-23-11-7-8-12-26(23)28(27)38-30(33)31-29(34)24-13-16-25(17-14-24)39(35,36)32(2)21-22-9-5-4-6-10-22/h4-18H,3,19-21H2,1-2H3. The van der Waals surface area contributed by atoms with Crippen LogP contribution in [0.2, 0.25) is 0 Å². The third kappa shape index (κ3) is 5.72. The third-order valence-electron chi connectivity index (χ3n) is 6.49. The van der Waals surface area contributed by atoms with Crippen molar-refractivity contribution in [1.82, 2.24) is 8.87 Å². The third-order valence-corrected chi connectivity index (χ3v) is 9.44. The first-order chi connectivity index (χ1) is 18.9. The van der Waals surface area contributed by atoms with Crippen molar-refractivity contribution in [3.8, 4) is 0 Å². The van der Waals surface area contributed by atoms with Gasteiger partial charge >= 0.3 is 0 Å². The van der Waals surface area contributed by atoms with Gasteiger partial charge in [0.05, 0.1) is 21.7 Å². The maximum absolute atomic E-state index is 13.2. The number of benzene rings is 4. The van der Waals surface area contributed by atoms with Gasteiger partial charge in [0, 0.05) is 37.7 Å². The van der Waals surface area contributed by atoms with Gasteiger partial charge in [-0.05, 0) is 48.2 Å². The number of carbonyl (C=O) groups is 1. The Labute approximate surface area is 231 Å². The van der Waals surface area contributed by atoms with Gasteiger partial charge in [-0.1, -0.05) is 72.0 Å². The molecule has 4 aromatic carbocycles. The van der Waals surface area contributed by atoms with E-state index < -0.39 is 15.9 Å². The van der Waals surface area contributed by atoms with E-state index in [1.165, 1.54) is 39.9 Å². The first kappa shape index (κ1) is 27.0. The second-order valence-electron chi connectivity index (χ2n) is 9.06. The molecule has 0 unspecified atom stereocenters. The lowest BCUT2D eigenvalue weighted by Crippen LogP contribution is -2.26. The summed E-state index contributed by atoms with van der Waals surface area (Å²) in [5, 5.41) is 2.23. The second kappa shape index (κ2) is 11.6. The van der Waals surface area contributed by atoms with Crippen LogP contribution in [-0.4, -0.2) is 43.5 Å². The lowest BCUT2D eigenvalue weighted by Gasteiger charge is -2.17. The van der Waals surface area contributed by atoms with E-state index in [4.69, 9.17) is 4.74 Å². The highest BCUT2D eigenvalue weighted by Crippen LogP contribution is 2.28. The van der Waals surface area contributed by atoms with E-state index in [1.807, 2.05) is 54.0 Å². The van der Waals surface area contributed by atoms with Crippen LogP contribution in [0.25, 0.3) is 21.0 Å². The van der Waals surface area contributed by atoms with Gasteiger partial charge in [0.15, 0.2) is 4.80 Å². The Bertz CT molecular complexity index is 1790. The van der Waals surface area contributed by atoms with E-state index in [2.05, 4.69) is 29.3 Å². The van der Waals surface area contributed by atoms with Gasteiger partial charge in [-0.2, -0.15) is 9.30 Å². The average molecular weight is 560 g/mol. The van der Waals surface area contributed by atoms with Crippen LogP contribution in [0.4, 0.5) is 0 Å². The predicted molar refractivity (Wildman–Crippen MR) is 155 cm³/mol. The van der Waals surface area contributed by atoms with Crippen molar-refractivity contribution >= 4 is 48.3 Å². The zero-order valence-electron chi connectivity index (χ0n) is 21.8. The zero-order chi connectivity index (χ0) is 27.4. The fourth-order valence-corrected chi connectivity index (χ4v) is 6.78. The number of thiazole rings is 1. The van der Waals surface area contributed by atoms with Gasteiger partial charge in [-0.3, -0.25) is 4.79 Å². The summed E-state index contributed by atoms with van der Waals surface area (Å²) in [5.74, 6) is -0.433. The Morgan fingerprint density at radius 3 is 2.41 bits per heavy atom. The molecule has 1 heterocycles. The molecule has 5 rings (SSSR count). The molecule has 0 bridgehead atoms. The maximum atomic E-state index is 13.2. The largest absolute Gasteiger partial charge is 0.380 e. The van der Waals surface area contributed by atoms with Crippen molar-refractivity contribution in [1.29, 1.82) is 0 Å². The average Bonchev–Trinajstić information content (AvgIpc) is 3.31. The molecule has 0 radical (unpaired) electrons. The summed E-state index contributed by atoms with van der Waals surface area (Å²) in [6.45, 7) is 3.86. The summed E-state index contributed by atoms with van der Waals surface area (Å²) in [6, 6.07) is 27.6. The first-order valence-corrected chi connectivity index (χ1v) is 14.9. The molecule has 1 aromatic heterocycles. The molecular formula is C30H29N3O4S2. The molecule has 0 N–H and O–H groups in total. The van der Waals surface area contributed by atoms with Crippen LogP contribution in [0.1, 0.15) is 22.8 Å². The fourth-order valence-electron chi connectivity index (χ4n) is 4.43. The van der Waals surface area contributed by atoms with Crippen molar-refractivity contribution in [3.63, 3.8) is 0 Å². The van der Waals surface area contributed by atoms with Crippen LogP contribution in [-0.2, 0) is 27.8 Å². The van der Waals surface area contributed by atoms with E-state index in [0.717, 1.165) is 26.6 Å². The number of carbonyl (C=O) groups excluding carboxylic acids is 1. The number of rotatable bonds is 9. The number of aromatic nitrogens is 1. The van der Waals surface area contributed by atoms with Crippen molar-refractivity contribution in [2.75, 3.05) is 20.3 Å². The molecule has 0 fully saturated rings. The Morgan fingerprint density at radius 1 is 0.949 bits per heavy atom. The molecule has 0 atom stereocenters. The van der Waals surface area contributed by atoms with Crippen molar-refractivity contribution in [2.24, 2.45) is 4.99 Å². The summed E-state index contributed by atoms with van der Waals surface area (Å²) in [6.07, 6.45) is 0. The van der Waals surface area contributed by atoms with Crippen LogP contribution < -0.4 is 4.80 Å². The minimum atomic E-state index is -3.72. The number of hydrogen-bond acceptors (Lipinski definition) is 5. The van der Waals surface area contributed by atoms with E-state index in [-0.39, 0.29) is 11.4 Å². The Hall–Kier alpha value is -3.63. The van der Waals surface area contributed by atoms with Crippen LogP contribution in [0, 0.1) is 0 Å². The van der Waals surface area contributed by atoms with Crippen LogP contribution >= 0.6 is 11.3 Å². The van der Waals surface area contributed by atoms with Crippen LogP contribution in [0.5, 0.6) is 0 Å². The Kier molecular flexibility index (Phi) is 8.04. The smallest absolute Gasteiger partial charge is 0.279 e. The van der Waals surface area contributed by atoms with Gasteiger partial charge in [0.1, 0.15) is 0 Å². The first-order valence-electron chi connectivity index (χ1n) is 12.7. The molecule has 0 aliphatic carbocycles. The number of sulfonamides is 1. The van der Waals surface area contributed by atoms with Crippen LogP contribution in [0.15, 0.2) is 101 Å². The number of ether oxygens (including phenoxy) is 1. The van der Waals surface area contributed by atoms with Gasteiger partial charge < -0.3 is 9.30 Å². The van der Waals surface area contributed by atoms with E-state index >= 15 is 0 Å². The lowest BCUT2D eigenvalue weighted by molar-refractivity contribution is 0.0996. The van der Waals surface area contributed by atoms with E-state index in [1.54, 1.807) is 7.05 Å². The molecule has 0 aliphatic heterocycles.